The van der Waals surface area contributed by atoms with Crippen molar-refractivity contribution in [2.75, 3.05) is 12.4 Å². The van der Waals surface area contributed by atoms with Crippen molar-refractivity contribution in [3.63, 3.8) is 0 Å². The van der Waals surface area contributed by atoms with Crippen LogP contribution in [0.4, 0.5) is 5.69 Å². The van der Waals surface area contributed by atoms with E-state index < -0.39 is 0 Å². The second-order valence-electron chi connectivity index (χ2n) is 5.03. The maximum absolute atomic E-state index is 12.4. The SMILES string of the molecule is COc1c(C)cccc1C(=O)NC(=S)Nc1ccc(Br)c(C)c1. The number of hydrogen-bond donors (Lipinski definition) is 2. The topological polar surface area (TPSA) is 50.4 Å². The Labute approximate surface area is 149 Å². The quantitative estimate of drug-likeness (QED) is 0.768. The summed E-state index contributed by atoms with van der Waals surface area (Å²) < 4.78 is 6.31. The Kier molecular flexibility index (Phi) is 5.74. The summed E-state index contributed by atoms with van der Waals surface area (Å²) in [5.74, 6) is 0.240. The van der Waals surface area contributed by atoms with Crippen molar-refractivity contribution in [3.8, 4) is 5.75 Å². The van der Waals surface area contributed by atoms with Gasteiger partial charge in [0, 0.05) is 10.2 Å². The van der Waals surface area contributed by atoms with E-state index in [2.05, 4.69) is 26.6 Å². The van der Waals surface area contributed by atoms with E-state index in [9.17, 15) is 4.79 Å². The van der Waals surface area contributed by atoms with Crippen LogP contribution < -0.4 is 15.4 Å². The zero-order valence-electron chi connectivity index (χ0n) is 13.1. The number of benzene rings is 2. The van der Waals surface area contributed by atoms with Crippen LogP contribution in [-0.2, 0) is 0 Å². The Morgan fingerprint density at radius 1 is 1.17 bits per heavy atom. The highest BCUT2D eigenvalue weighted by atomic mass is 79.9. The number of ether oxygens (including phenoxy) is 1. The number of nitrogens with one attached hydrogen (secondary N) is 2. The van der Waals surface area contributed by atoms with Gasteiger partial charge in [-0.2, -0.15) is 0 Å². The van der Waals surface area contributed by atoms with Crippen molar-refractivity contribution in [3.05, 3.63) is 57.6 Å². The van der Waals surface area contributed by atoms with Gasteiger partial charge in [0.15, 0.2) is 5.11 Å². The first-order valence-corrected chi connectivity index (χ1v) is 8.14. The lowest BCUT2D eigenvalue weighted by atomic mass is 10.1. The third-order valence-corrected chi connectivity index (χ3v) is 4.40. The molecule has 0 unspecified atom stereocenters. The molecule has 0 bridgehead atoms. The van der Waals surface area contributed by atoms with Crippen molar-refractivity contribution >= 4 is 44.9 Å². The van der Waals surface area contributed by atoms with Crippen LogP contribution in [0.1, 0.15) is 21.5 Å². The molecule has 2 aromatic carbocycles. The number of amides is 1. The monoisotopic (exact) mass is 392 g/mol. The molecule has 0 aliphatic carbocycles. The molecule has 0 fully saturated rings. The van der Waals surface area contributed by atoms with Crippen molar-refractivity contribution in [2.45, 2.75) is 13.8 Å². The normalized spacial score (nSPS) is 10.1. The molecule has 0 atom stereocenters. The van der Waals surface area contributed by atoms with E-state index in [0.717, 1.165) is 21.3 Å². The summed E-state index contributed by atoms with van der Waals surface area (Å²) in [4.78, 5) is 12.4. The Balaban J connectivity index is 2.09. The number of thiocarbonyl (C=S) groups is 1. The lowest BCUT2D eigenvalue weighted by Gasteiger charge is -2.13. The smallest absolute Gasteiger partial charge is 0.261 e. The summed E-state index contributed by atoms with van der Waals surface area (Å²) in [7, 11) is 1.54. The van der Waals surface area contributed by atoms with Crippen LogP contribution in [-0.4, -0.2) is 18.1 Å². The van der Waals surface area contributed by atoms with Gasteiger partial charge in [0.25, 0.3) is 5.91 Å². The fraction of sp³-hybridized carbons (Fsp3) is 0.176. The summed E-state index contributed by atoms with van der Waals surface area (Å²) in [5, 5.41) is 5.91. The number of rotatable bonds is 3. The molecule has 0 radical (unpaired) electrons. The average molecular weight is 393 g/mol. The van der Waals surface area contributed by atoms with Gasteiger partial charge in [-0.25, -0.2) is 0 Å². The van der Waals surface area contributed by atoms with Gasteiger partial charge in [0.05, 0.1) is 12.7 Å². The third-order valence-electron chi connectivity index (χ3n) is 3.30. The van der Waals surface area contributed by atoms with E-state index in [1.807, 2.05) is 38.1 Å². The molecule has 2 aromatic rings. The van der Waals surface area contributed by atoms with Gasteiger partial charge < -0.3 is 10.1 Å². The van der Waals surface area contributed by atoms with E-state index >= 15 is 0 Å². The Bertz CT molecular complexity index is 762. The number of carbonyl (C=O) groups excluding carboxylic acids is 1. The zero-order chi connectivity index (χ0) is 17.0. The van der Waals surface area contributed by atoms with E-state index in [-0.39, 0.29) is 11.0 Å². The summed E-state index contributed by atoms with van der Waals surface area (Å²) >= 11 is 8.65. The summed E-state index contributed by atoms with van der Waals surface area (Å²) in [6.45, 7) is 3.87. The molecule has 0 spiro atoms. The summed E-state index contributed by atoms with van der Waals surface area (Å²) in [6.07, 6.45) is 0. The van der Waals surface area contributed by atoms with Crippen LogP contribution in [0.5, 0.6) is 5.75 Å². The number of hydrogen-bond acceptors (Lipinski definition) is 3. The van der Waals surface area contributed by atoms with Crippen LogP contribution in [0.3, 0.4) is 0 Å². The Hall–Kier alpha value is -1.92. The summed E-state index contributed by atoms with van der Waals surface area (Å²) in [5.41, 5.74) is 3.22. The largest absolute Gasteiger partial charge is 0.496 e. The molecule has 0 aromatic heterocycles. The molecule has 2 rings (SSSR count). The molecule has 0 aliphatic heterocycles. The second kappa shape index (κ2) is 7.57. The van der Waals surface area contributed by atoms with Gasteiger partial charge in [0.2, 0.25) is 0 Å². The minimum atomic E-state index is -0.308. The maximum Gasteiger partial charge on any atom is 0.261 e. The fourth-order valence-electron chi connectivity index (χ4n) is 2.16. The molecule has 23 heavy (non-hydrogen) atoms. The number of halogens is 1. The molecule has 1 amide bonds. The van der Waals surface area contributed by atoms with Crippen molar-refractivity contribution < 1.29 is 9.53 Å². The molecular weight excluding hydrogens is 376 g/mol. The third kappa shape index (κ3) is 4.30. The van der Waals surface area contributed by atoms with Crippen molar-refractivity contribution in [1.29, 1.82) is 0 Å². The Morgan fingerprint density at radius 3 is 2.57 bits per heavy atom. The molecule has 120 valence electrons. The molecule has 0 saturated heterocycles. The molecule has 0 saturated carbocycles. The van der Waals surface area contributed by atoms with E-state index in [1.54, 1.807) is 19.2 Å². The minimum absolute atomic E-state index is 0.236. The maximum atomic E-state index is 12.4. The van der Waals surface area contributed by atoms with Crippen LogP contribution in [0, 0.1) is 13.8 Å². The molecule has 4 nitrogen and oxygen atoms in total. The van der Waals surface area contributed by atoms with Crippen LogP contribution >= 0.6 is 28.1 Å². The number of carbonyl (C=O) groups is 1. The number of anilines is 1. The second-order valence-corrected chi connectivity index (χ2v) is 6.29. The van der Waals surface area contributed by atoms with Gasteiger partial charge in [-0.15, -0.1) is 0 Å². The van der Waals surface area contributed by atoms with Crippen LogP contribution in [0.25, 0.3) is 0 Å². The van der Waals surface area contributed by atoms with Crippen molar-refractivity contribution in [1.82, 2.24) is 5.32 Å². The van der Waals surface area contributed by atoms with Gasteiger partial charge >= 0.3 is 0 Å². The molecular formula is C17H17BrN2O2S. The highest BCUT2D eigenvalue weighted by molar-refractivity contribution is 9.10. The highest BCUT2D eigenvalue weighted by Gasteiger charge is 2.15. The predicted octanol–water partition coefficient (Wildman–Crippen LogP) is 4.20. The van der Waals surface area contributed by atoms with Gasteiger partial charge in [-0.3, -0.25) is 10.1 Å². The van der Waals surface area contributed by atoms with E-state index in [4.69, 9.17) is 17.0 Å². The highest BCUT2D eigenvalue weighted by Crippen LogP contribution is 2.23. The standard InChI is InChI=1S/C17H17BrN2O2S/c1-10-5-4-6-13(15(10)22-3)16(21)20-17(23)19-12-7-8-14(18)11(2)9-12/h4-9H,1-3H3,(H2,19,20,21,23). The molecule has 2 N–H and O–H groups in total. The average Bonchev–Trinajstić information content (AvgIpc) is 2.50. The van der Waals surface area contributed by atoms with Gasteiger partial charge in [-0.1, -0.05) is 28.1 Å². The predicted molar refractivity (Wildman–Crippen MR) is 100 cm³/mol. The first-order valence-electron chi connectivity index (χ1n) is 6.94. The van der Waals surface area contributed by atoms with Gasteiger partial charge in [0.1, 0.15) is 5.75 Å². The number of methoxy groups -OCH3 is 1. The van der Waals surface area contributed by atoms with E-state index in [0.29, 0.717) is 11.3 Å². The molecule has 0 heterocycles. The first-order chi connectivity index (χ1) is 10.9. The Morgan fingerprint density at radius 2 is 1.91 bits per heavy atom. The number of para-hydroxylation sites is 1. The van der Waals surface area contributed by atoms with Crippen molar-refractivity contribution in [2.24, 2.45) is 0 Å². The fourth-order valence-corrected chi connectivity index (χ4v) is 2.61. The van der Waals surface area contributed by atoms with Crippen LogP contribution in [0.2, 0.25) is 0 Å². The van der Waals surface area contributed by atoms with Gasteiger partial charge in [-0.05, 0) is 61.5 Å². The lowest BCUT2D eigenvalue weighted by Crippen LogP contribution is -2.34. The first kappa shape index (κ1) is 17.4. The number of aryl methyl sites for hydroxylation is 2. The lowest BCUT2D eigenvalue weighted by molar-refractivity contribution is 0.0974. The minimum Gasteiger partial charge on any atom is -0.496 e. The molecule has 6 heteroatoms. The van der Waals surface area contributed by atoms with E-state index in [1.165, 1.54) is 0 Å². The zero-order valence-corrected chi connectivity index (χ0v) is 15.5. The van der Waals surface area contributed by atoms with Crippen LogP contribution in [0.15, 0.2) is 40.9 Å². The molecule has 0 aliphatic rings. The summed E-state index contributed by atoms with van der Waals surface area (Å²) in [6, 6.07) is 11.1.